The van der Waals surface area contributed by atoms with Gasteiger partial charge in [0.15, 0.2) is 23.3 Å². The molecule has 312 valence electrons. The Balaban J connectivity index is 1.46. The number of aryl methyl sites for hydroxylation is 1. The minimum absolute atomic E-state index is 0.131. The van der Waals surface area contributed by atoms with E-state index in [0.717, 1.165) is 5.52 Å². The molecule has 0 spiro atoms. The molecule has 5 rings (SSSR count). The van der Waals surface area contributed by atoms with E-state index in [9.17, 15) is 24.3 Å². The number of aromatic nitrogens is 3. The number of ether oxygens (including phenoxy) is 5. The van der Waals surface area contributed by atoms with Crippen LogP contribution in [0.1, 0.15) is 87.5 Å². The number of carbonyl (C=O) groups is 4. The van der Waals surface area contributed by atoms with Crippen molar-refractivity contribution in [3.63, 3.8) is 0 Å². The summed E-state index contributed by atoms with van der Waals surface area (Å²) in [6.07, 6.45) is 0.714. The zero-order valence-electron chi connectivity index (χ0n) is 35.0. The van der Waals surface area contributed by atoms with Crippen LogP contribution in [-0.2, 0) is 44.6 Å². The lowest BCUT2D eigenvalue weighted by Crippen LogP contribution is -2.60. The molecule has 3 saturated heterocycles. The first-order valence-corrected chi connectivity index (χ1v) is 20.1. The lowest BCUT2D eigenvalue weighted by Gasteiger charge is -2.47. The highest BCUT2D eigenvalue weighted by atomic mass is 16.7. The second-order valence-corrected chi connectivity index (χ2v) is 16.9. The fourth-order valence-corrected chi connectivity index (χ4v) is 9.35. The molecule has 15 heteroatoms. The summed E-state index contributed by atoms with van der Waals surface area (Å²) >= 11 is 0. The molecule has 15 nitrogen and oxygen atoms in total. The second-order valence-electron chi connectivity index (χ2n) is 16.9. The zero-order valence-corrected chi connectivity index (χ0v) is 35.0. The number of esters is 1. The predicted molar refractivity (Wildman–Crippen MR) is 206 cm³/mol. The summed E-state index contributed by atoms with van der Waals surface area (Å²) in [5, 5.41) is 11.4. The van der Waals surface area contributed by atoms with Gasteiger partial charge in [-0.25, -0.2) is 14.8 Å². The Morgan fingerprint density at radius 1 is 1.00 bits per heavy atom. The summed E-state index contributed by atoms with van der Waals surface area (Å²) in [6, 6.07) is 2.76. The van der Waals surface area contributed by atoms with Crippen LogP contribution in [0.3, 0.4) is 0 Å². The van der Waals surface area contributed by atoms with Crippen LogP contribution in [0.15, 0.2) is 24.7 Å². The normalized spacial score (nSPS) is 37.7. The number of imidazole rings is 1. The van der Waals surface area contributed by atoms with Crippen molar-refractivity contribution in [2.45, 2.75) is 148 Å². The molecular formula is C41H63N5O10. The molecular weight excluding hydrogens is 722 g/mol. The van der Waals surface area contributed by atoms with Gasteiger partial charge in [-0.05, 0) is 86.0 Å². The molecule has 56 heavy (non-hydrogen) atoms. The molecule has 3 fully saturated rings. The van der Waals surface area contributed by atoms with Gasteiger partial charge in [0.25, 0.3) is 0 Å². The molecule has 0 aromatic carbocycles. The van der Waals surface area contributed by atoms with Gasteiger partial charge in [-0.3, -0.25) is 14.4 Å². The number of aliphatic hydroxyl groups is 1. The van der Waals surface area contributed by atoms with Gasteiger partial charge < -0.3 is 43.2 Å². The highest BCUT2D eigenvalue weighted by molar-refractivity contribution is 6.00. The van der Waals surface area contributed by atoms with E-state index in [2.05, 4.69) is 9.97 Å². The molecule has 3 aliphatic heterocycles. The number of rotatable bonds is 10. The Morgan fingerprint density at radius 2 is 1.70 bits per heavy atom. The minimum Gasteiger partial charge on any atom is -0.458 e. The molecule has 0 aliphatic carbocycles. The Hall–Kier alpha value is -3.50. The number of hydrogen-bond donors (Lipinski definition) is 1. The Labute approximate surface area is 330 Å². The van der Waals surface area contributed by atoms with Crippen molar-refractivity contribution in [2.24, 2.45) is 23.7 Å². The van der Waals surface area contributed by atoms with E-state index in [4.69, 9.17) is 23.7 Å². The van der Waals surface area contributed by atoms with E-state index in [1.54, 1.807) is 45.1 Å². The van der Waals surface area contributed by atoms with Crippen molar-refractivity contribution in [3.8, 4) is 0 Å². The number of ketones is 2. The van der Waals surface area contributed by atoms with Crippen molar-refractivity contribution in [1.29, 1.82) is 0 Å². The highest BCUT2D eigenvalue weighted by Gasteiger charge is 2.60. The van der Waals surface area contributed by atoms with Crippen molar-refractivity contribution in [3.05, 3.63) is 24.7 Å². The lowest BCUT2D eigenvalue weighted by molar-refractivity contribution is -0.295. The average molecular weight is 786 g/mol. The van der Waals surface area contributed by atoms with Crippen molar-refractivity contribution >= 4 is 34.8 Å². The number of carbonyl (C=O) groups excluding carboxylic acids is 4. The van der Waals surface area contributed by atoms with Gasteiger partial charge in [0, 0.05) is 50.2 Å². The third kappa shape index (κ3) is 8.52. The number of amides is 1. The van der Waals surface area contributed by atoms with Crippen molar-refractivity contribution < 1.29 is 48.0 Å². The number of Topliss-reactive ketones (excluding diaryl/α,β-unsaturated/α-hetero) is 2. The molecule has 2 aromatic heterocycles. The largest absolute Gasteiger partial charge is 0.458 e. The molecule has 5 heterocycles. The minimum atomic E-state index is -1.40. The summed E-state index contributed by atoms with van der Waals surface area (Å²) in [5.41, 5.74) is -1.09. The number of fused-ring (bicyclic) bond motifs is 2. The topological polar surface area (TPSA) is 172 Å². The molecule has 1 N–H and O–H groups in total. The molecule has 0 radical (unpaired) electrons. The van der Waals surface area contributed by atoms with E-state index in [0.29, 0.717) is 38.0 Å². The number of cyclic esters (lactones) is 1. The first kappa shape index (κ1) is 43.6. The maximum absolute atomic E-state index is 14.7. The molecule has 0 saturated carbocycles. The van der Waals surface area contributed by atoms with E-state index < -0.39 is 83.4 Å². The molecule has 0 bridgehead atoms. The fourth-order valence-electron chi connectivity index (χ4n) is 9.35. The van der Waals surface area contributed by atoms with E-state index in [1.807, 2.05) is 56.5 Å². The van der Waals surface area contributed by atoms with Gasteiger partial charge in [-0.2, -0.15) is 0 Å². The molecule has 0 unspecified atom stereocenters. The lowest BCUT2D eigenvalue weighted by atomic mass is 9.73. The number of aliphatic hydroxyl groups excluding tert-OH is 1. The van der Waals surface area contributed by atoms with Crippen LogP contribution < -0.4 is 0 Å². The molecule has 1 amide bonds. The Morgan fingerprint density at radius 3 is 2.36 bits per heavy atom. The smallest absolute Gasteiger partial charge is 0.410 e. The first-order chi connectivity index (χ1) is 26.4. The second kappa shape index (κ2) is 17.6. The van der Waals surface area contributed by atoms with Crippen LogP contribution in [0.2, 0.25) is 0 Å². The van der Waals surface area contributed by atoms with Gasteiger partial charge in [0.2, 0.25) is 0 Å². The zero-order chi connectivity index (χ0) is 41.3. The van der Waals surface area contributed by atoms with Crippen LogP contribution in [0.25, 0.3) is 11.2 Å². The van der Waals surface area contributed by atoms with Gasteiger partial charge in [-0.1, -0.05) is 27.7 Å². The molecule has 13 atom stereocenters. The Kier molecular flexibility index (Phi) is 13.7. The first-order valence-electron chi connectivity index (χ1n) is 20.1. The third-order valence-electron chi connectivity index (χ3n) is 12.6. The quantitative estimate of drug-likeness (QED) is 0.204. The van der Waals surface area contributed by atoms with Gasteiger partial charge in [0.1, 0.15) is 23.9 Å². The summed E-state index contributed by atoms with van der Waals surface area (Å²) in [4.78, 5) is 68.9. The summed E-state index contributed by atoms with van der Waals surface area (Å²) < 4.78 is 33.2. The van der Waals surface area contributed by atoms with Crippen LogP contribution in [0.5, 0.6) is 0 Å². The Bertz CT molecular complexity index is 1720. The number of pyridine rings is 1. The van der Waals surface area contributed by atoms with Crippen LogP contribution in [0.4, 0.5) is 4.79 Å². The predicted octanol–water partition coefficient (Wildman–Crippen LogP) is 4.42. The number of nitrogens with zero attached hydrogens (tertiary/aromatic N) is 5. The number of unbranched alkanes of at least 4 members (excludes halogenated alkanes) is 1. The number of hydrogen-bond acceptors (Lipinski definition) is 13. The van der Waals surface area contributed by atoms with Crippen LogP contribution >= 0.6 is 0 Å². The summed E-state index contributed by atoms with van der Waals surface area (Å²) in [6.45, 7) is 14.9. The molecule has 3 aliphatic rings. The van der Waals surface area contributed by atoms with Gasteiger partial charge >= 0.3 is 12.1 Å². The standard InChI is InChI=1S/C41H63N5O10/c1-12-30-41(8)34(46(39(51)56-41)19-14-13-18-45-22-43-36-28(45)16-15-17-42-36)25(4)31(47)23(2)21-40(7,52-11)35(26(5)32(48)27(6)37(50)54-30)55-38-33(49)29(44(9)10)20-24(3)53-38/h15-17,22-27,29-30,33-35,38,49H,12-14,18-21H2,1-11H3/t23-,24+,25-,26+,27-,29-,30-,33+,34-,35-,38-,40-,41-/m1/s1. The van der Waals surface area contributed by atoms with Crippen molar-refractivity contribution in [2.75, 3.05) is 27.7 Å². The van der Waals surface area contributed by atoms with E-state index in [-0.39, 0.29) is 30.8 Å². The SMILES string of the molecule is CC[C@H]1OC(=O)[C@H](C)C(=O)[C@H](C)[C@@H](O[C@H]2O[C@@H](C)C[C@@H](N(C)C)[C@@H]2O)[C@](C)(OC)C[C@@H](C)C(=O)[C@@H](C)[C@H]2N(CCCCn3cnc4ncccc43)C(=O)O[C@]12C. The number of likely N-dealkylation sites (N-methyl/N-ethyl adjacent to an activating group) is 1. The summed E-state index contributed by atoms with van der Waals surface area (Å²) in [5.74, 6) is -4.94. The van der Waals surface area contributed by atoms with Crippen molar-refractivity contribution in [1.82, 2.24) is 24.3 Å². The molecule has 2 aromatic rings. The van der Waals surface area contributed by atoms with Crippen LogP contribution in [0, 0.1) is 23.7 Å². The highest BCUT2D eigenvalue weighted by Crippen LogP contribution is 2.43. The monoisotopic (exact) mass is 785 g/mol. The number of methoxy groups -OCH3 is 1. The average Bonchev–Trinajstić information content (AvgIpc) is 3.70. The van der Waals surface area contributed by atoms with E-state index in [1.165, 1.54) is 14.0 Å². The third-order valence-corrected chi connectivity index (χ3v) is 12.6. The fraction of sp³-hybridized carbons (Fsp3) is 0.756. The summed E-state index contributed by atoms with van der Waals surface area (Å²) in [7, 11) is 5.24. The maximum atomic E-state index is 14.7. The van der Waals surface area contributed by atoms with Gasteiger partial charge in [0.05, 0.1) is 35.7 Å². The van der Waals surface area contributed by atoms with E-state index >= 15 is 0 Å². The van der Waals surface area contributed by atoms with Gasteiger partial charge in [-0.15, -0.1) is 0 Å². The maximum Gasteiger partial charge on any atom is 0.410 e. The van der Waals surface area contributed by atoms with Crippen LogP contribution in [-0.4, -0.2) is 135 Å².